The molecule has 0 fully saturated rings. The van der Waals surface area contributed by atoms with Crippen molar-refractivity contribution in [3.63, 3.8) is 0 Å². The highest BCUT2D eigenvalue weighted by atomic mass is 35.5. The van der Waals surface area contributed by atoms with Crippen molar-refractivity contribution in [2.75, 3.05) is 7.11 Å². The monoisotopic (exact) mass is 188 g/mol. The molecular weight excluding hydrogens is 176 g/mol. The number of hydrogen-bond acceptors (Lipinski definition) is 3. The molecule has 0 aliphatic carbocycles. The summed E-state index contributed by atoms with van der Waals surface area (Å²) in [5.41, 5.74) is 0. The Balaban J connectivity index is -0.0000000339. The van der Waals surface area contributed by atoms with Gasteiger partial charge in [-0.15, -0.1) is 12.4 Å². The van der Waals surface area contributed by atoms with E-state index in [0.717, 1.165) is 21.0 Å². The van der Waals surface area contributed by atoms with Gasteiger partial charge in [0.15, 0.2) is 0 Å². The normalized spacial score (nSPS) is 5.09. The Labute approximate surface area is 71.1 Å². The second kappa shape index (κ2) is 22.9. The lowest BCUT2D eigenvalue weighted by atomic mass is 10.9. The Morgan fingerprint density at radius 1 is 0.909 bits per heavy atom. The highest BCUT2D eigenvalue weighted by Gasteiger charge is 1.65. The van der Waals surface area contributed by atoms with E-state index in [1.807, 2.05) is 0 Å². The van der Waals surface area contributed by atoms with Gasteiger partial charge in [-0.25, -0.2) is 0 Å². The van der Waals surface area contributed by atoms with Gasteiger partial charge in [-0.1, -0.05) is 0 Å². The molecule has 0 saturated heterocycles. The van der Waals surface area contributed by atoms with Gasteiger partial charge in [0.2, 0.25) is 0 Å². The van der Waals surface area contributed by atoms with Gasteiger partial charge in [0.05, 0.1) is 0 Å². The van der Waals surface area contributed by atoms with Crippen molar-refractivity contribution in [3.8, 4) is 0 Å². The van der Waals surface area contributed by atoms with Crippen LogP contribution in [0.2, 0.25) is 0 Å². The average Bonchev–Trinajstić information content (AvgIpc) is 1.66. The molecule has 0 saturated carbocycles. The molecule has 0 atom stereocenters. The van der Waals surface area contributed by atoms with E-state index in [1.54, 1.807) is 0 Å². The van der Waals surface area contributed by atoms with Gasteiger partial charge in [-0.2, -0.15) is 0 Å². The van der Waals surface area contributed by atoms with E-state index in [-0.39, 0.29) is 12.4 Å². The Kier molecular flexibility index (Phi) is 46.7. The van der Waals surface area contributed by atoms with Crippen LogP contribution in [0.3, 0.4) is 0 Å². The van der Waals surface area contributed by atoms with E-state index in [1.165, 1.54) is 0 Å². The largest absolute Gasteiger partial charge is 0.481 e. The summed E-state index contributed by atoms with van der Waals surface area (Å²) in [6.07, 6.45) is 0. The number of carbonyl (C=O) groups is 2. The molecule has 0 bridgehead atoms. The lowest BCUT2D eigenvalue weighted by Crippen LogP contribution is -1.78. The first-order valence-electron chi connectivity index (χ1n) is 2.30. The minimum absolute atomic E-state index is 0. The van der Waals surface area contributed by atoms with Crippen molar-refractivity contribution >= 4 is 24.3 Å². The van der Waals surface area contributed by atoms with E-state index in [9.17, 15) is 0 Å². The quantitative estimate of drug-likeness (QED) is 0.505. The highest BCUT2D eigenvalue weighted by molar-refractivity contribution is 5.85. The molecule has 11 heavy (non-hydrogen) atoms. The summed E-state index contributed by atoms with van der Waals surface area (Å²) in [5, 5.41) is 21.8. The summed E-state index contributed by atoms with van der Waals surface area (Å²) < 4.78 is 0. The molecule has 0 unspecified atom stereocenters. The van der Waals surface area contributed by atoms with Crippen LogP contribution in [0.15, 0.2) is 0 Å². The summed E-state index contributed by atoms with van der Waals surface area (Å²) in [7, 11) is 1.00. The zero-order valence-corrected chi connectivity index (χ0v) is 7.38. The van der Waals surface area contributed by atoms with Gasteiger partial charge in [0.1, 0.15) is 0 Å². The topological polar surface area (TPSA) is 94.8 Å². The van der Waals surface area contributed by atoms with Gasteiger partial charge in [-0.3, -0.25) is 9.59 Å². The molecule has 70 valence electrons. The molecule has 0 aliphatic heterocycles. The Morgan fingerprint density at radius 3 is 0.909 bits per heavy atom. The first-order valence-corrected chi connectivity index (χ1v) is 2.30. The fraction of sp³-hybridized carbons (Fsp3) is 0.600. The molecule has 0 aliphatic rings. The number of aliphatic carboxylic acids is 2. The van der Waals surface area contributed by atoms with Crippen LogP contribution >= 0.6 is 12.4 Å². The van der Waals surface area contributed by atoms with Crippen molar-refractivity contribution in [1.82, 2.24) is 0 Å². The molecule has 0 aromatic rings. The van der Waals surface area contributed by atoms with E-state index < -0.39 is 11.9 Å². The summed E-state index contributed by atoms with van der Waals surface area (Å²) in [5.74, 6) is -1.67. The minimum atomic E-state index is -0.833. The first-order chi connectivity index (χ1) is 4.46. The molecule has 0 spiro atoms. The van der Waals surface area contributed by atoms with E-state index in [0.29, 0.717) is 0 Å². The van der Waals surface area contributed by atoms with Crippen LogP contribution < -0.4 is 0 Å². The number of aliphatic hydroxyl groups is 1. The number of aliphatic hydroxyl groups excluding tert-OH is 1. The summed E-state index contributed by atoms with van der Waals surface area (Å²) >= 11 is 0. The maximum Gasteiger partial charge on any atom is 0.300 e. The Bertz CT molecular complexity index is 72.9. The number of hydrogen-bond donors (Lipinski definition) is 3. The fourth-order valence-corrected chi connectivity index (χ4v) is 0. The van der Waals surface area contributed by atoms with Gasteiger partial charge >= 0.3 is 0 Å². The van der Waals surface area contributed by atoms with Crippen molar-refractivity contribution in [2.45, 2.75) is 13.8 Å². The molecule has 0 amide bonds. The average molecular weight is 189 g/mol. The van der Waals surface area contributed by atoms with Crippen LogP contribution in [0.4, 0.5) is 0 Å². The highest BCUT2D eigenvalue weighted by Crippen LogP contribution is 1.42. The standard InChI is InChI=1S/2C2H4O2.CH4O.ClH/c2*1-2(3)4;1-2;/h2*1H3,(H,3,4);2H,1H3;1H. The Hall–Kier alpha value is -0.810. The van der Waals surface area contributed by atoms with Crippen LogP contribution in [0.25, 0.3) is 0 Å². The molecule has 6 heteroatoms. The predicted octanol–water partition coefficient (Wildman–Crippen LogP) is 0.212. The molecule has 0 aromatic carbocycles. The molecular formula is C5H13ClO5. The molecule has 0 rings (SSSR count). The smallest absolute Gasteiger partial charge is 0.300 e. The second-order valence-electron chi connectivity index (χ2n) is 1.04. The van der Waals surface area contributed by atoms with Crippen molar-refractivity contribution in [1.29, 1.82) is 0 Å². The molecule has 5 nitrogen and oxygen atoms in total. The first kappa shape index (κ1) is 22.5. The number of carboxylic acid groups (broad SMARTS) is 2. The molecule has 0 radical (unpaired) electrons. The predicted molar refractivity (Wildman–Crippen MR) is 42.0 cm³/mol. The summed E-state index contributed by atoms with van der Waals surface area (Å²) in [6, 6.07) is 0. The van der Waals surface area contributed by atoms with Gasteiger partial charge in [0, 0.05) is 21.0 Å². The lowest BCUT2D eigenvalue weighted by Gasteiger charge is -1.59. The molecule has 0 aromatic heterocycles. The lowest BCUT2D eigenvalue weighted by molar-refractivity contribution is -0.135. The third-order valence-corrected chi connectivity index (χ3v) is 0. The van der Waals surface area contributed by atoms with Crippen molar-refractivity contribution < 1.29 is 24.9 Å². The second-order valence-corrected chi connectivity index (χ2v) is 1.04. The van der Waals surface area contributed by atoms with Gasteiger partial charge in [-0.05, 0) is 0 Å². The third kappa shape index (κ3) is 724. The van der Waals surface area contributed by atoms with Crippen LogP contribution in [-0.2, 0) is 9.59 Å². The SMILES string of the molecule is CC(=O)O.CC(=O)O.CO.Cl. The van der Waals surface area contributed by atoms with Crippen molar-refractivity contribution in [3.05, 3.63) is 0 Å². The zero-order valence-electron chi connectivity index (χ0n) is 6.57. The fourth-order valence-electron chi connectivity index (χ4n) is 0. The molecule has 0 heterocycles. The summed E-state index contributed by atoms with van der Waals surface area (Å²) in [4.78, 5) is 18.0. The van der Waals surface area contributed by atoms with Crippen LogP contribution in [-0.4, -0.2) is 34.4 Å². The molecule has 3 N–H and O–H groups in total. The van der Waals surface area contributed by atoms with E-state index in [4.69, 9.17) is 24.9 Å². The van der Waals surface area contributed by atoms with E-state index in [2.05, 4.69) is 0 Å². The van der Waals surface area contributed by atoms with Crippen molar-refractivity contribution in [2.24, 2.45) is 0 Å². The van der Waals surface area contributed by atoms with Crippen LogP contribution in [0, 0.1) is 0 Å². The number of halogens is 1. The van der Waals surface area contributed by atoms with Crippen LogP contribution in [0.5, 0.6) is 0 Å². The Morgan fingerprint density at radius 2 is 0.909 bits per heavy atom. The van der Waals surface area contributed by atoms with E-state index >= 15 is 0 Å². The number of carboxylic acids is 2. The van der Waals surface area contributed by atoms with Gasteiger partial charge < -0.3 is 15.3 Å². The summed E-state index contributed by atoms with van der Waals surface area (Å²) in [6.45, 7) is 2.17. The number of rotatable bonds is 0. The maximum absolute atomic E-state index is 9.00. The minimum Gasteiger partial charge on any atom is -0.481 e. The maximum atomic E-state index is 9.00. The zero-order chi connectivity index (χ0) is 9.15. The third-order valence-electron chi connectivity index (χ3n) is 0. The van der Waals surface area contributed by atoms with Gasteiger partial charge in [0.25, 0.3) is 11.9 Å². The van der Waals surface area contributed by atoms with Crippen LogP contribution in [0.1, 0.15) is 13.8 Å².